The predicted molar refractivity (Wildman–Crippen MR) is 88.7 cm³/mol. The Balaban J connectivity index is 2.39. The number of rotatable bonds is 7. The van der Waals surface area contributed by atoms with E-state index in [1.807, 2.05) is 13.8 Å². The maximum atomic E-state index is 13.5. The first-order valence-corrected chi connectivity index (χ1v) is 7.92. The van der Waals surface area contributed by atoms with E-state index in [9.17, 15) is 14.0 Å². The van der Waals surface area contributed by atoms with Gasteiger partial charge in [0.1, 0.15) is 5.82 Å². The second-order valence-corrected chi connectivity index (χ2v) is 5.83. The van der Waals surface area contributed by atoms with Crippen LogP contribution in [-0.2, 0) is 9.59 Å². The van der Waals surface area contributed by atoms with E-state index >= 15 is 0 Å². The van der Waals surface area contributed by atoms with Crippen LogP contribution in [0.25, 0.3) is 6.08 Å². The Morgan fingerprint density at radius 3 is 2.82 bits per heavy atom. The van der Waals surface area contributed by atoms with Gasteiger partial charge in [0.2, 0.25) is 11.8 Å². The van der Waals surface area contributed by atoms with Gasteiger partial charge < -0.3 is 10.6 Å². The van der Waals surface area contributed by atoms with E-state index in [2.05, 4.69) is 26.6 Å². The molecule has 0 aromatic heterocycles. The molecule has 0 bridgehead atoms. The summed E-state index contributed by atoms with van der Waals surface area (Å²) in [5.74, 6) is -0.868. The zero-order valence-electron chi connectivity index (χ0n) is 12.7. The van der Waals surface area contributed by atoms with Gasteiger partial charge in [-0.05, 0) is 37.6 Å². The monoisotopic (exact) mass is 370 g/mol. The lowest BCUT2D eigenvalue weighted by molar-refractivity contribution is -0.121. The molecule has 2 amide bonds. The van der Waals surface area contributed by atoms with Crippen molar-refractivity contribution < 1.29 is 14.0 Å². The van der Waals surface area contributed by atoms with E-state index < -0.39 is 5.82 Å². The fourth-order valence-electron chi connectivity index (χ4n) is 1.62. The summed E-state index contributed by atoms with van der Waals surface area (Å²) in [6.07, 6.45) is 3.72. The largest absolute Gasteiger partial charge is 0.354 e. The van der Waals surface area contributed by atoms with Gasteiger partial charge in [0, 0.05) is 35.1 Å². The first kappa shape index (κ1) is 18.4. The van der Waals surface area contributed by atoms with Crippen molar-refractivity contribution in [3.63, 3.8) is 0 Å². The fraction of sp³-hybridized carbons (Fsp3) is 0.375. The average Bonchev–Trinajstić information content (AvgIpc) is 2.48. The summed E-state index contributed by atoms with van der Waals surface area (Å²) in [6.45, 7) is 4.15. The summed E-state index contributed by atoms with van der Waals surface area (Å²) >= 11 is 3.24. The molecule has 2 N–H and O–H groups in total. The Labute approximate surface area is 138 Å². The lowest BCUT2D eigenvalue weighted by Crippen LogP contribution is -2.34. The second-order valence-electron chi connectivity index (χ2n) is 4.92. The quantitative estimate of drug-likeness (QED) is 0.724. The Bertz CT molecular complexity index is 561. The zero-order chi connectivity index (χ0) is 16.5. The van der Waals surface area contributed by atoms with Gasteiger partial charge in [0.25, 0.3) is 0 Å². The van der Waals surface area contributed by atoms with Crippen LogP contribution in [0.2, 0.25) is 0 Å². The summed E-state index contributed by atoms with van der Waals surface area (Å²) in [7, 11) is 0. The predicted octanol–water partition coefficient (Wildman–Crippen LogP) is 3.02. The molecular formula is C16H20BrFN2O2. The summed E-state index contributed by atoms with van der Waals surface area (Å²) in [4.78, 5) is 23.1. The lowest BCUT2D eigenvalue weighted by Gasteiger charge is -2.11. The van der Waals surface area contributed by atoms with Crippen LogP contribution in [0.4, 0.5) is 4.39 Å². The van der Waals surface area contributed by atoms with Crippen molar-refractivity contribution in [3.8, 4) is 0 Å². The molecule has 0 aliphatic carbocycles. The van der Waals surface area contributed by atoms with E-state index in [1.54, 1.807) is 12.1 Å². The first-order chi connectivity index (χ1) is 10.4. The van der Waals surface area contributed by atoms with Gasteiger partial charge in [0.05, 0.1) is 0 Å². The molecule has 1 rings (SSSR count). The van der Waals surface area contributed by atoms with Crippen molar-refractivity contribution in [1.29, 1.82) is 0 Å². The molecule has 1 aromatic rings. The number of carbonyl (C=O) groups excluding carboxylic acids is 2. The minimum absolute atomic E-state index is 0.100. The molecule has 120 valence electrons. The number of hydrogen-bond acceptors (Lipinski definition) is 2. The third kappa shape index (κ3) is 6.85. The first-order valence-electron chi connectivity index (χ1n) is 7.12. The van der Waals surface area contributed by atoms with Crippen LogP contribution in [-0.4, -0.2) is 24.4 Å². The number of amides is 2. The Morgan fingerprint density at radius 2 is 2.14 bits per heavy atom. The Morgan fingerprint density at radius 1 is 1.41 bits per heavy atom. The third-order valence-electron chi connectivity index (χ3n) is 3.04. The number of carbonyl (C=O) groups is 2. The summed E-state index contributed by atoms with van der Waals surface area (Å²) in [6, 6.07) is 4.62. The SMILES string of the molecule is CCC(C)NC(=O)CCNC(=O)/C=C/c1cc(Br)ccc1F. The van der Waals surface area contributed by atoms with E-state index in [0.29, 0.717) is 5.56 Å². The van der Waals surface area contributed by atoms with E-state index in [0.717, 1.165) is 10.9 Å². The fourth-order valence-corrected chi connectivity index (χ4v) is 1.99. The summed E-state index contributed by atoms with van der Waals surface area (Å²) in [5.41, 5.74) is 0.319. The van der Waals surface area contributed by atoms with Gasteiger partial charge in [-0.25, -0.2) is 4.39 Å². The zero-order valence-corrected chi connectivity index (χ0v) is 14.2. The molecule has 0 fully saturated rings. The molecule has 0 radical (unpaired) electrons. The molecule has 4 nitrogen and oxygen atoms in total. The van der Waals surface area contributed by atoms with Crippen molar-refractivity contribution in [2.45, 2.75) is 32.7 Å². The minimum Gasteiger partial charge on any atom is -0.354 e. The highest BCUT2D eigenvalue weighted by atomic mass is 79.9. The maximum Gasteiger partial charge on any atom is 0.244 e. The number of hydrogen-bond donors (Lipinski definition) is 2. The molecule has 0 heterocycles. The molecule has 1 aromatic carbocycles. The van der Waals surface area contributed by atoms with Crippen molar-refractivity contribution in [2.75, 3.05) is 6.54 Å². The van der Waals surface area contributed by atoms with Crippen LogP contribution in [0.15, 0.2) is 28.7 Å². The molecule has 0 saturated heterocycles. The van der Waals surface area contributed by atoms with Crippen LogP contribution < -0.4 is 10.6 Å². The van der Waals surface area contributed by atoms with Crippen molar-refractivity contribution in [2.24, 2.45) is 0 Å². The van der Waals surface area contributed by atoms with Gasteiger partial charge in [-0.1, -0.05) is 22.9 Å². The molecular weight excluding hydrogens is 351 g/mol. The van der Waals surface area contributed by atoms with Crippen LogP contribution in [0.3, 0.4) is 0 Å². The summed E-state index contributed by atoms with van der Waals surface area (Å²) < 4.78 is 14.2. The number of halogens is 2. The van der Waals surface area contributed by atoms with Crippen LogP contribution in [0.1, 0.15) is 32.3 Å². The average molecular weight is 371 g/mol. The molecule has 0 aliphatic rings. The highest BCUT2D eigenvalue weighted by Gasteiger charge is 2.05. The van der Waals surface area contributed by atoms with Gasteiger partial charge >= 0.3 is 0 Å². The van der Waals surface area contributed by atoms with E-state index in [-0.39, 0.29) is 30.8 Å². The molecule has 0 aliphatic heterocycles. The molecule has 1 unspecified atom stereocenters. The highest BCUT2D eigenvalue weighted by Crippen LogP contribution is 2.16. The Hall–Kier alpha value is -1.69. The smallest absolute Gasteiger partial charge is 0.244 e. The topological polar surface area (TPSA) is 58.2 Å². The normalized spacial score (nSPS) is 12.2. The van der Waals surface area contributed by atoms with Crippen LogP contribution in [0, 0.1) is 5.82 Å². The Kier molecular flexibility index (Phi) is 7.80. The maximum absolute atomic E-state index is 13.5. The van der Waals surface area contributed by atoms with Crippen LogP contribution in [0.5, 0.6) is 0 Å². The van der Waals surface area contributed by atoms with E-state index in [1.165, 1.54) is 18.2 Å². The van der Waals surface area contributed by atoms with Gasteiger partial charge in [0.15, 0.2) is 0 Å². The standard InChI is InChI=1S/C16H20BrFN2O2/c1-3-11(2)20-16(22)8-9-19-15(21)7-4-12-10-13(17)5-6-14(12)18/h4-7,10-11H,3,8-9H2,1-2H3,(H,19,21)(H,20,22)/b7-4+. The molecule has 0 saturated carbocycles. The summed E-state index contributed by atoms with van der Waals surface area (Å²) in [5, 5.41) is 5.40. The third-order valence-corrected chi connectivity index (χ3v) is 3.54. The minimum atomic E-state index is -0.403. The van der Waals surface area contributed by atoms with Gasteiger partial charge in [-0.15, -0.1) is 0 Å². The molecule has 6 heteroatoms. The highest BCUT2D eigenvalue weighted by molar-refractivity contribution is 9.10. The van der Waals surface area contributed by atoms with Crippen molar-refractivity contribution in [1.82, 2.24) is 10.6 Å². The molecule has 22 heavy (non-hydrogen) atoms. The number of nitrogens with one attached hydrogen (secondary N) is 2. The van der Waals surface area contributed by atoms with E-state index in [4.69, 9.17) is 0 Å². The van der Waals surface area contributed by atoms with Crippen molar-refractivity contribution >= 4 is 33.8 Å². The number of benzene rings is 1. The lowest BCUT2D eigenvalue weighted by atomic mass is 10.2. The van der Waals surface area contributed by atoms with Crippen molar-refractivity contribution in [3.05, 3.63) is 40.1 Å². The van der Waals surface area contributed by atoms with Crippen LogP contribution >= 0.6 is 15.9 Å². The van der Waals surface area contributed by atoms with Gasteiger partial charge in [-0.3, -0.25) is 9.59 Å². The molecule has 1 atom stereocenters. The molecule has 0 spiro atoms. The second kappa shape index (κ2) is 9.35. The van der Waals surface area contributed by atoms with Gasteiger partial charge in [-0.2, -0.15) is 0 Å².